The molecule has 4 aromatic rings. The van der Waals surface area contributed by atoms with Gasteiger partial charge in [-0.2, -0.15) is 0 Å². The van der Waals surface area contributed by atoms with Crippen molar-refractivity contribution in [3.8, 4) is 0 Å². The van der Waals surface area contributed by atoms with Gasteiger partial charge in [0.15, 0.2) is 0 Å². The van der Waals surface area contributed by atoms with Crippen LogP contribution in [0.3, 0.4) is 0 Å². The molecule has 4 aromatic carbocycles. The average Bonchev–Trinajstić information content (AvgIpc) is 3.03. The number of nitrogens with zero attached hydrogens (tertiary/aromatic N) is 4. The first-order valence-corrected chi connectivity index (χ1v) is 15.9. The Kier molecular flexibility index (Phi) is 12.2. The molecule has 0 aliphatic carbocycles. The molecule has 0 radical (unpaired) electrons. The van der Waals surface area contributed by atoms with Crippen molar-refractivity contribution in [1.29, 1.82) is 0 Å². The molecule has 0 spiro atoms. The van der Waals surface area contributed by atoms with Gasteiger partial charge in [0.05, 0.1) is 0 Å². The third-order valence-electron chi connectivity index (χ3n) is 8.36. The Morgan fingerprint density at radius 3 is 0.714 bits per heavy atom. The second-order valence-electron chi connectivity index (χ2n) is 11.8. The normalized spacial score (nSPS) is 17.5. The van der Waals surface area contributed by atoms with E-state index in [1.807, 2.05) is 0 Å². The Bertz CT molecular complexity index is 1050. The lowest BCUT2D eigenvalue weighted by Crippen LogP contribution is -2.40. The van der Waals surface area contributed by atoms with Crippen molar-refractivity contribution >= 4 is 0 Å². The summed E-state index contributed by atoms with van der Waals surface area (Å²) in [6.45, 7) is 12.9. The van der Waals surface area contributed by atoms with Gasteiger partial charge in [-0.15, -0.1) is 0 Å². The molecule has 0 amide bonds. The van der Waals surface area contributed by atoms with E-state index in [4.69, 9.17) is 0 Å². The molecule has 0 atom stereocenters. The molecule has 0 aromatic heterocycles. The molecule has 42 heavy (non-hydrogen) atoms. The van der Waals surface area contributed by atoms with Gasteiger partial charge in [-0.25, -0.2) is 0 Å². The highest BCUT2D eigenvalue weighted by molar-refractivity contribution is 5.17. The fourth-order valence-electron chi connectivity index (χ4n) is 6.05. The second kappa shape index (κ2) is 17.0. The van der Waals surface area contributed by atoms with E-state index < -0.39 is 0 Å². The monoisotopic (exact) mass is 560 g/mol. The molecule has 1 fully saturated rings. The highest BCUT2D eigenvalue weighted by Crippen LogP contribution is 2.13. The first kappa shape index (κ1) is 30.2. The van der Waals surface area contributed by atoms with E-state index in [9.17, 15) is 0 Å². The summed E-state index contributed by atoms with van der Waals surface area (Å²) < 4.78 is 0. The molecule has 1 aliphatic heterocycles. The summed E-state index contributed by atoms with van der Waals surface area (Å²) in [5.41, 5.74) is 5.63. The summed E-state index contributed by atoms with van der Waals surface area (Å²) in [6.07, 6.45) is 2.36. The largest absolute Gasteiger partial charge is 0.298 e. The van der Waals surface area contributed by atoms with Crippen LogP contribution < -0.4 is 0 Å². The Morgan fingerprint density at radius 2 is 0.500 bits per heavy atom. The SMILES string of the molecule is c1ccc(CN2CCCN(Cc3ccccc3)CCN(Cc3ccccc3)CCCN(Cc3ccccc3)CC2)cc1. The van der Waals surface area contributed by atoms with Crippen LogP contribution in [0.15, 0.2) is 121 Å². The minimum absolute atomic E-state index is 1.02. The maximum absolute atomic E-state index is 2.68. The lowest BCUT2D eigenvalue weighted by molar-refractivity contribution is 0.148. The summed E-state index contributed by atoms with van der Waals surface area (Å²) in [5, 5.41) is 0. The smallest absolute Gasteiger partial charge is 0.0234 e. The van der Waals surface area contributed by atoms with Crippen molar-refractivity contribution in [2.24, 2.45) is 0 Å². The van der Waals surface area contributed by atoms with Gasteiger partial charge in [-0.05, 0) is 61.3 Å². The zero-order valence-corrected chi connectivity index (χ0v) is 25.2. The van der Waals surface area contributed by atoms with E-state index in [0.29, 0.717) is 0 Å². The molecule has 4 nitrogen and oxygen atoms in total. The minimum atomic E-state index is 1.02. The molecule has 1 saturated heterocycles. The van der Waals surface area contributed by atoms with Crippen LogP contribution in [0.2, 0.25) is 0 Å². The molecule has 220 valence electrons. The van der Waals surface area contributed by atoms with Crippen LogP contribution in [0.1, 0.15) is 35.1 Å². The van der Waals surface area contributed by atoms with Gasteiger partial charge in [0.2, 0.25) is 0 Å². The van der Waals surface area contributed by atoms with Crippen molar-refractivity contribution in [2.45, 2.75) is 39.0 Å². The van der Waals surface area contributed by atoms with Crippen molar-refractivity contribution in [1.82, 2.24) is 19.6 Å². The van der Waals surface area contributed by atoms with E-state index in [0.717, 1.165) is 78.5 Å². The van der Waals surface area contributed by atoms with Crippen molar-refractivity contribution < 1.29 is 0 Å². The summed E-state index contributed by atoms with van der Waals surface area (Å²) in [4.78, 5) is 10.7. The number of hydrogen-bond acceptors (Lipinski definition) is 4. The Labute approximate surface area is 254 Å². The van der Waals surface area contributed by atoms with Crippen LogP contribution in [0, 0.1) is 0 Å². The van der Waals surface area contributed by atoms with E-state index in [1.165, 1.54) is 35.1 Å². The van der Waals surface area contributed by atoms with Gasteiger partial charge in [-0.3, -0.25) is 19.6 Å². The number of hydrogen-bond donors (Lipinski definition) is 0. The van der Waals surface area contributed by atoms with Crippen molar-refractivity contribution in [3.05, 3.63) is 144 Å². The van der Waals surface area contributed by atoms with Crippen molar-refractivity contribution in [3.63, 3.8) is 0 Å². The highest BCUT2D eigenvalue weighted by Gasteiger charge is 2.16. The molecule has 0 N–H and O–H groups in total. The van der Waals surface area contributed by atoms with Gasteiger partial charge in [0.25, 0.3) is 0 Å². The summed E-state index contributed by atoms with van der Waals surface area (Å²) in [6, 6.07) is 44.0. The van der Waals surface area contributed by atoms with Gasteiger partial charge in [0, 0.05) is 52.4 Å². The van der Waals surface area contributed by atoms with Crippen LogP contribution in [-0.2, 0) is 26.2 Å². The molecule has 0 saturated carbocycles. The maximum Gasteiger partial charge on any atom is 0.0234 e. The number of benzene rings is 4. The Balaban J connectivity index is 1.31. The summed E-state index contributed by atoms with van der Waals surface area (Å²) in [7, 11) is 0. The summed E-state index contributed by atoms with van der Waals surface area (Å²) >= 11 is 0. The predicted octanol–water partition coefficient (Wildman–Crippen LogP) is 6.79. The fourth-order valence-corrected chi connectivity index (χ4v) is 6.05. The fraction of sp³-hybridized carbons (Fsp3) is 0.368. The molecule has 1 heterocycles. The topological polar surface area (TPSA) is 13.0 Å². The molecule has 1 aliphatic rings. The molecular weight excluding hydrogens is 512 g/mol. The maximum atomic E-state index is 2.68. The van der Waals surface area contributed by atoms with Crippen LogP contribution in [0.5, 0.6) is 0 Å². The van der Waals surface area contributed by atoms with Gasteiger partial charge in [-0.1, -0.05) is 121 Å². The lowest BCUT2D eigenvalue weighted by atomic mass is 10.1. The third-order valence-corrected chi connectivity index (χ3v) is 8.36. The Hall–Kier alpha value is -3.28. The van der Waals surface area contributed by atoms with Crippen molar-refractivity contribution in [2.75, 3.05) is 52.4 Å². The van der Waals surface area contributed by atoms with Gasteiger partial charge in [0.1, 0.15) is 0 Å². The average molecular weight is 561 g/mol. The van der Waals surface area contributed by atoms with Crippen LogP contribution in [-0.4, -0.2) is 72.0 Å². The molecule has 0 unspecified atom stereocenters. The first-order chi connectivity index (χ1) is 20.8. The van der Waals surface area contributed by atoms with Crippen LogP contribution in [0.4, 0.5) is 0 Å². The zero-order chi connectivity index (χ0) is 28.7. The van der Waals surface area contributed by atoms with Crippen LogP contribution >= 0.6 is 0 Å². The quantitative estimate of drug-likeness (QED) is 0.235. The van der Waals surface area contributed by atoms with E-state index >= 15 is 0 Å². The molecular formula is C38H48N4. The van der Waals surface area contributed by atoms with E-state index in [1.54, 1.807) is 0 Å². The summed E-state index contributed by atoms with van der Waals surface area (Å²) in [5.74, 6) is 0. The lowest BCUT2D eigenvalue weighted by Gasteiger charge is -2.32. The standard InChI is InChI=1S/C38H48N4/c1-5-15-35(16-6-1)31-39-23-13-24-41(33-37-19-9-3-10-20-37)29-30-42(34-38-21-11-4-12-22-38)26-14-25-40(28-27-39)32-36-17-7-2-8-18-36/h1-12,15-22H,13-14,23-34H2. The Morgan fingerprint density at radius 1 is 0.286 bits per heavy atom. The predicted molar refractivity (Wildman–Crippen MR) is 176 cm³/mol. The zero-order valence-electron chi connectivity index (χ0n) is 25.2. The highest BCUT2D eigenvalue weighted by atomic mass is 15.2. The first-order valence-electron chi connectivity index (χ1n) is 15.9. The van der Waals surface area contributed by atoms with Gasteiger partial charge < -0.3 is 0 Å². The minimum Gasteiger partial charge on any atom is -0.298 e. The van der Waals surface area contributed by atoms with Gasteiger partial charge >= 0.3 is 0 Å². The molecule has 4 heteroatoms. The van der Waals surface area contributed by atoms with E-state index in [-0.39, 0.29) is 0 Å². The molecule has 5 rings (SSSR count). The van der Waals surface area contributed by atoms with E-state index in [2.05, 4.69) is 141 Å². The number of rotatable bonds is 8. The third kappa shape index (κ3) is 10.5. The second-order valence-corrected chi connectivity index (χ2v) is 11.8. The van der Waals surface area contributed by atoms with Crippen LogP contribution in [0.25, 0.3) is 0 Å². The molecule has 0 bridgehead atoms.